The fraction of sp³-hybridized carbons (Fsp3) is 0.318. The number of thioether (sulfide) groups is 1. The summed E-state index contributed by atoms with van der Waals surface area (Å²) in [6.45, 7) is 6.16. The first-order chi connectivity index (χ1) is 13.6. The molecular weight excluding hydrogens is 368 g/mol. The number of para-hydroxylation sites is 1. The number of carbonyl (C=O) groups excluding carboxylic acids is 1. The van der Waals surface area contributed by atoms with Crippen LogP contribution in [0.2, 0.25) is 0 Å². The Hall–Kier alpha value is -2.60. The molecule has 28 heavy (non-hydrogen) atoms. The monoisotopic (exact) mass is 392 g/mol. The van der Waals surface area contributed by atoms with Crippen LogP contribution in [-0.4, -0.2) is 32.4 Å². The van der Waals surface area contributed by atoms with Crippen molar-refractivity contribution in [3.8, 4) is 11.4 Å². The molecule has 144 valence electrons. The van der Waals surface area contributed by atoms with Crippen molar-refractivity contribution in [3.05, 3.63) is 59.7 Å². The van der Waals surface area contributed by atoms with Crippen molar-refractivity contribution >= 4 is 23.4 Å². The van der Waals surface area contributed by atoms with Gasteiger partial charge in [-0.25, -0.2) is 4.98 Å². The maximum atomic E-state index is 13.1. The summed E-state index contributed by atoms with van der Waals surface area (Å²) < 4.78 is 0. The lowest BCUT2D eigenvalue weighted by atomic mass is 10.1. The number of rotatable bonds is 5. The molecule has 0 unspecified atom stereocenters. The second kappa shape index (κ2) is 7.80. The average Bonchev–Trinajstić information content (AvgIpc) is 3.31. The third-order valence-electron chi connectivity index (χ3n) is 5.18. The lowest BCUT2D eigenvalue weighted by Crippen LogP contribution is -2.40. The van der Waals surface area contributed by atoms with E-state index in [1.807, 2.05) is 42.2 Å². The number of hydrogen-bond acceptors (Lipinski definition) is 4. The molecular formula is C22H24N4OS. The van der Waals surface area contributed by atoms with Gasteiger partial charge >= 0.3 is 0 Å². The van der Waals surface area contributed by atoms with Gasteiger partial charge in [-0.15, -0.1) is 5.10 Å². The van der Waals surface area contributed by atoms with Crippen LogP contribution in [0.5, 0.6) is 0 Å². The van der Waals surface area contributed by atoms with E-state index in [0.717, 1.165) is 29.9 Å². The Morgan fingerprint density at radius 1 is 1.25 bits per heavy atom. The molecule has 0 saturated heterocycles. The summed E-state index contributed by atoms with van der Waals surface area (Å²) in [4.78, 5) is 19.6. The van der Waals surface area contributed by atoms with Crippen LogP contribution >= 0.6 is 11.8 Å². The zero-order valence-corrected chi connectivity index (χ0v) is 17.2. The Morgan fingerprint density at radius 2 is 2.00 bits per heavy atom. The second-order valence-electron chi connectivity index (χ2n) is 7.17. The van der Waals surface area contributed by atoms with E-state index >= 15 is 0 Å². The van der Waals surface area contributed by atoms with Gasteiger partial charge in [0.15, 0.2) is 5.82 Å². The molecule has 0 spiro atoms. The lowest BCUT2D eigenvalue weighted by Gasteiger charge is -2.25. The maximum absolute atomic E-state index is 13.1. The van der Waals surface area contributed by atoms with Crippen LogP contribution in [-0.2, 0) is 17.6 Å². The molecule has 3 aromatic rings. The van der Waals surface area contributed by atoms with E-state index < -0.39 is 0 Å². The van der Waals surface area contributed by atoms with E-state index in [1.54, 1.807) is 0 Å². The number of aromatic nitrogens is 3. The Kier molecular flexibility index (Phi) is 5.22. The molecule has 0 bridgehead atoms. The summed E-state index contributed by atoms with van der Waals surface area (Å²) in [5.41, 5.74) is 4.55. The minimum Gasteiger partial charge on any atom is -0.308 e. The second-order valence-corrected chi connectivity index (χ2v) is 8.48. The molecule has 2 heterocycles. The number of H-pyrrole nitrogens is 1. The predicted octanol–water partition coefficient (Wildman–Crippen LogP) is 4.49. The summed E-state index contributed by atoms with van der Waals surface area (Å²) in [7, 11) is 0. The zero-order valence-electron chi connectivity index (χ0n) is 16.3. The third-order valence-corrected chi connectivity index (χ3v) is 6.12. The van der Waals surface area contributed by atoms with E-state index in [-0.39, 0.29) is 17.2 Å². The number of nitrogens with zero attached hydrogens (tertiary/aromatic N) is 3. The van der Waals surface area contributed by atoms with Crippen LogP contribution in [0.15, 0.2) is 53.7 Å². The van der Waals surface area contributed by atoms with Crippen molar-refractivity contribution in [2.24, 2.45) is 0 Å². The Labute approximate surface area is 169 Å². The van der Waals surface area contributed by atoms with E-state index in [2.05, 4.69) is 47.2 Å². The van der Waals surface area contributed by atoms with Crippen LogP contribution in [0.3, 0.4) is 0 Å². The Balaban J connectivity index is 1.47. The van der Waals surface area contributed by atoms with Crippen molar-refractivity contribution in [3.63, 3.8) is 0 Å². The summed E-state index contributed by atoms with van der Waals surface area (Å²) in [5.74, 6) is 0.825. The molecule has 6 heteroatoms. The first-order valence-electron chi connectivity index (χ1n) is 9.66. The average molecular weight is 393 g/mol. The van der Waals surface area contributed by atoms with Gasteiger partial charge in [-0.05, 0) is 43.9 Å². The first-order valence-corrected chi connectivity index (χ1v) is 10.5. The van der Waals surface area contributed by atoms with Gasteiger partial charge in [-0.1, -0.05) is 61.2 Å². The molecule has 0 saturated carbocycles. The standard InChI is InChI=1S/C22H24N4OS/c1-4-16-9-11-17(12-10-16)20-23-22(25-24-20)28-15(3)21(27)26-14(2)13-18-7-5-6-8-19(18)26/h5-12,14-15H,4,13H2,1-3H3,(H,23,24,25)/t14-,15+/m0/s1. The van der Waals surface area contributed by atoms with Gasteiger partial charge in [-0.2, -0.15) is 0 Å². The highest BCUT2D eigenvalue weighted by Crippen LogP contribution is 2.34. The molecule has 1 N–H and O–H groups in total. The molecule has 0 aliphatic carbocycles. The molecule has 1 aliphatic rings. The molecule has 2 atom stereocenters. The molecule has 1 aliphatic heterocycles. The molecule has 1 aromatic heterocycles. The van der Waals surface area contributed by atoms with E-state index in [4.69, 9.17) is 0 Å². The molecule has 0 radical (unpaired) electrons. The van der Waals surface area contributed by atoms with Crippen molar-refractivity contribution in [2.75, 3.05) is 4.90 Å². The van der Waals surface area contributed by atoms with Crippen molar-refractivity contribution < 1.29 is 4.79 Å². The largest absolute Gasteiger partial charge is 0.308 e. The van der Waals surface area contributed by atoms with Crippen LogP contribution in [0, 0.1) is 0 Å². The fourth-order valence-electron chi connectivity index (χ4n) is 3.63. The molecule has 0 fully saturated rings. The van der Waals surface area contributed by atoms with E-state index in [9.17, 15) is 4.79 Å². The topological polar surface area (TPSA) is 61.9 Å². The van der Waals surface area contributed by atoms with Crippen molar-refractivity contribution in [1.82, 2.24) is 15.2 Å². The summed E-state index contributed by atoms with van der Waals surface area (Å²) in [5, 5.41) is 7.62. The van der Waals surface area contributed by atoms with Gasteiger partial charge in [0.2, 0.25) is 11.1 Å². The van der Waals surface area contributed by atoms with Crippen molar-refractivity contribution in [2.45, 2.75) is 50.1 Å². The molecule has 1 amide bonds. The number of carbonyl (C=O) groups is 1. The number of aryl methyl sites for hydroxylation is 1. The van der Waals surface area contributed by atoms with Crippen LogP contribution in [0.1, 0.15) is 31.9 Å². The number of anilines is 1. The highest BCUT2D eigenvalue weighted by atomic mass is 32.2. The summed E-state index contributed by atoms with van der Waals surface area (Å²) >= 11 is 1.39. The fourth-order valence-corrected chi connectivity index (χ4v) is 4.41. The number of nitrogens with one attached hydrogen (secondary N) is 1. The van der Waals surface area contributed by atoms with Gasteiger partial charge in [0.1, 0.15) is 0 Å². The van der Waals surface area contributed by atoms with Gasteiger partial charge < -0.3 is 4.90 Å². The summed E-state index contributed by atoms with van der Waals surface area (Å²) in [6, 6.07) is 16.6. The SMILES string of the molecule is CCc1ccc(-c2nc(S[C@H](C)C(=O)N3c4ccccc4C[C@@H]3C)n[nH]2)cc1. The quantitative estimate of drug-likeness (QED) is 0.650. The summed E-state index contributed by atoms with van der Waals surface area (Å²) in [6.07, 6.45) is 1.91. The molecule has 5 nitrogen and oxygen atoms in total. The number of benzene rings is 2. The van der Waals surface area contributed by atoms with Gasteiger partial charge in [0, 0.05) is 17.3 Å². The van der Waals surface area contributed by atoms with Gasteiger partial charge in [0.05, 0.1) is 5.25 Å². The van der Waals surface area contributed by atoms with Gasteiger partial charge in [-0.3, -0.25) is 9.89 Å². The smallest absolute Gasteiger partial charge is 0.240 e. The normalized spacial score (nSPS) is 16.8. The minimum atomic E-state index is -0.264. The zero-order chi connectivity index (χ0) is 19.7. The molecule has 2 aromatic carbocycles. The Bertz CT molecular complexity index is 982. The van der Waals surface area contributed by atoms with E-state index in [1.165, 1.54) is 22.9 Å². The number of hydrogen-bond donors (Lipinski definition) is 1. The van der Waals surface area contributed by atoms with Crippen LogP contribution in [0.25, 0.3) is 11.4 Å². The van der Waals surface area contributed by atoms with Crippen molar-refractivity contribution in [1.29, 1.82) is 0 Å². The highest BCUT2D eigenvalue weighted by molar-refractivity contribution is 8.00. The minimum absolute atomic E-state index is 0.0982. The predicted molar refractivity (Wildman–Crippen MR) is 114 cm³/mol. The Morgan fingerprint density at radius 3 is 2.75 bits per heavy atom. The number of amides is 1. The number of aromatic amines is 1. The third kappa shape index (κ3) is 3.56. The lowest BCUT2D eigenvalue weighted by molar-refractivity contribution is -0.118. The first kappa shape index (κ1) is 18.7. The van der Waals surface area contributed by atoms with Gasteiger partial charge in [0.25, 0.3) is 0 Å². The van der Waals surface area contributed by atoms with E-state index in [0.29, 0.717) is 5.16 Å². The highest BCUT2D eigenvalue weighted by Gasteiger charge is 2.33. The number of fused-ring (bicyclic) bond motifs is 1. The van der Waals surface area contributed by atoms with Crippen LogP contribution < -0.4 is 4.90 Å². The maximum Gasteiger partial charge on any atom is 0.240 e. The van der Waals surface area contributed by atoms with Crippen LogP contribution in [0.4, 0.5) is 5.69 Å². The molecule has 4 rings (SSSR count).